The summed E-state index contributed by atoms with van der Waals surface area (Å²) in [5.74, 6) is 0. The molecule has 0 aliphatic rings. The Bertz CT molecular complexity index is 23.0. The van der Waals surface area contributed by atoms with E-state index in [-0.39, 0.29) is 68.9 Å². The van der Waals surface area contributed by atoms with Gasteiger partial charge in [-0.2, -0.15) is 0 Å². The second-order valence-corrected chi connectivity index (χ2v) is 102. The van der Waals surface area contributed by atoms with Crippen LogP contribution in [0.15, 0.2) is 0 Å². The molecule has 0 radical (unpaired) electrons. The van der Waals surface area contributed by atoms with E-state index in [1.54, 1.807) is 0 Å². The zero-order chi connectivity index (χ0) is 4.50. The van der Waals surface area contributed by atoms with E-state index < -0.39 is 11.5 Å². The van der Waals surface area contributed by atoms with Gasteiger partial charge in [0.25, 0.3) is 0 Å². The minimum absolute atomic E-state index is 0. The summed E-state index contributed by atoms with van der Waals surface area (Å²) in [7, 11) is 0. The molecule has 0 saturated carbocycles. The van der Waals surface area contributed by atoms with Crippen molar-refractivity contribution in [1.82, 2.24) is 0 Å². The summed E-state index contributed by atoms with van der Waals surface area (Å²) in [6.45, 7) is 0. The topological polar surface area (TPSA) is 0 Å². The van der Waals surface area contributed by atoms with Crippen LogP contribution in [0, 0.1) is 0 Å². The van der Waals surface area contributed by atoms with E-state index in [9.17, 15) is 0 Å². The third-order valence-electron chi connectivity index (χ3n) is 0. The van der Waals surface area contributed by atoms with Gasteiger partial charge < -0.3 is 0 Å². The van der Waals surface area contributed by atoms with Crippen LogP contribution < -0.4 is 0 Å². The maximum absolute atomic E-state index is 3.35. The van der Waals surface area contributed by atoms with E-state index in [1.165, 1.54) is 0 Å². The molecule has 0 aliphatic heterocycles. The van der Waals surface area contributed by atoms with Gasteiger partial charge >= 0.3 is 128 Å². The van der Waals surface area contributed by atoms with Crippen LogP contribution in [0.5, 0.6) is 0 Å². The van der Waals surface area contributed by atoms with E-state index in [1.807, 2.05) is 0 Å². The van der Waals surface area contributed by atoms with Gasteiger partial charge in [-0.3, -0.25) is 0 Å². The molecule has 0 unspecified atom stereocenters. The van der Waals surface area contributed by atoms with Crippen LogP contribution in [0.25, 0.3) is 0 Å². The Morgan fingerprint density at radius 3 is 0.833 bits per heavy atom. The van der Waals surface area contributed by atoms with Crippen molar-refractivity contribution < 1.29 is 0 Å². The fourth-order valence-electron chi connectivity index (χ4n) is 0. The molecular formula is HBr4CsPb. The van der Waals surface area contributed by atoms with Crippen molar-refractivity contribution in [2.45, 2.75) is 0 Å². The summed E-state index contributed by atoms with van der Waals surface area (Å²) in [5.41, 5.74) is 0. The summed E-state index contributed by atoms with van der Waals surface area (Å²) >= 11 is 11.4. The maximum atomic E-state index is 3.35. The fourth-order valence-corrected chi connectivity index (χ4v) is 0. The molecule has 0 atom stereocenters. The molecule has 6 heteroatoms. The van der Waals surface area contributed by atoms with Gasteiger partial charge in [0.05, 0.1) is 0 Å². The summed E-state index contributed by atoms with van der Waals surface area (Å²) < 4.78 is 0. The summed E-state index contributed by atoms with van der Waals surface area (Å²) in [6, 6.07) is 0. The van der Waals surface area contributed by atoms with Gasteiger partial charge in [-0.05, 0) is 0 Å². The molecule has 0 amide bonds. The Labute approximate surface area is 123 Å². The van der Waals surface area contributed by atoms with E-state index in [4.69, 9.17) is 0 Å². The molecule has 0 spiro atoms. The normalized spacial score (nSPS) is 10.0. The van der Waals surface area contributed by atoms with Crippen LogP contribution in [-0.2, 0) is 0 Å². The van der Waals surface area contributed by atoms with Crippen molar-refractivity contribution in [3.63, 3.8) is 0 Å². The SMILES string of the molecule is [Br][Pb]([Br])([Br])[Br].[CsH]. The molecule has 0 aliphatic carbocycles. The molecule has 0 heterocycles. The monoisotopic (exact) mass is 658 g/mol. The summed E-state index contributed by atoms with van der Waals surface area (Å²) in [5, 5.41) is 0. The summed E-state index contributed by atoms with van der Waals surface area (Å²) in [6.07, 6.45) is 0. The number of hydrogen-bond donors (Lipinski definition) is 0. The Kier molecular flexibility index (Phi) is 14.8. The van der Waals surface area contributed by atoms with Crippen LogP contribution in [-0.4, -0.2) is 80.4 Å². The molecule has 0 rings (SSSR count). The molecule has 0 aromatic rings. The standard InChI is InChI=1S/4BrH.Cs.Pb.H/h4*1H;;;/q;;;;;+4;/p-4. The van der Waals surface area contributed by atoms with E-state index in [2.05, 4.69) is 47.9 Å². The van der Waals surface area contributed by atoms with Gasteiger partial charge in [0.15, 0.2) is 0 Å². The van der Waals surface area contributed by atoms with E-state index >= 15 is 0 Å². The van der Waals surface area contributed by atoms with Gasteiger partial charge in [0.1, 0.15) is 0 Å². The first-order chi connectivity index (χ1) is 2.00. The number of rotatable bonds is 0. The van der Waals surface area contributed by atoms with Gasteiger partial charge in [0, 0.05) is 0 Å². The molecule has 0 aromatic heterocycles. The molecule has 0 nitrogen and oxygen atoms in total. The Hall–Kier alpha value is 4.89. The first-order valence-electron chi connectivity index (χ1n) is 0.756. The first kappa shape index (κ1) is 13.5. The van der Waals surface area contributed by atoms with Crippen molar-refractivity contribution >= 4 is 128 Å². The van der Waals surface area contributed by atoms with Crippen LogP contribution in [0.1, 0.15) is 0 Å². The molecule has 6 heavy (non-hydrogen) atoms. The molecular weight excluding hydrogens is 660 g/mol. The second kappa shape index (κ2) is 6.59. The van der Waals surface area contributed by atoms with Crippen LogP contribution in [0.4, 0.5) is 0 Å². The zero-order valence-electron chi connectivity index (χ0n) is 2.01. The predicted octanol–water partition coefficient (Wildman–Crippen LogP) is 2.35. The second-order valence-electron chi connectivity index (χ2n) is 0.429. The van der Waals surface area contributed by atoms with Gasteiger partial charge in [-0.1, -0.05) is 0 Å². The van der Waals surface area contributed by atoms with Crippen molar-refractivity contribution in [3.8, 4) is 0 Å². The van der Waals surface area contributed by atoms with Crippen LogP contribution >= 0.6 is 47.9 Å². The molecule has 0 bridgehead atoms. The Balaban J connectivity index is 0. The molecule has 34 valence electrons. The van der Waals surface area contributed by atoms with Gasteiger partial charge in [-0.25, -0.2) is 0 Å². The third-order valence-corrected chi connectivity index (χ3v) is 0. The Morgan fingerprint density at radius 2 is 0.833 bits per heavy atom. The van der Waals surface area contributed by atoms with Crippen LogP contribution in [0.2, 0.25) is 0 Å². The molecule has 0 saturated heterocycles. The minimum atomic E-state index is -2.03. The quantitative estimate of drug-likeness (QED) is 0.351. The molecule has 0 N–H and O–H groups in total. The Morgan fingerprint density at radius 1 is 0.833 bits per heavy atom. The average molecular weight is 661 g/mol. The molecule has 0 fully saturated rings. The summed E-state index contributed by atoms with van der Waals surface area (Å²) in [4.78, 5) is 0. The van der Waals surface area contributed by atoms with Crippen molar-refractivity contribution in [2.24, 2.45) is 0 Å². The fraction of sp³-hybridized carbons (Fsp3) is 0. The van der Waals surface area contributed by atoms with Crippen molar-refractivity contribution in [2.75, 3.05) is 0 Å². The van der Waals surface area contributed by atoms with Crippen LogP contribution in [0.3, 0.4) is 0 Å². The van der Waals surface area contributed by atoms with Crippen molar-refractivity contribution in [1.29, 1.82) is 0 Å². The van der Waals surface area contributed by atoms with Gasteiger partial charge in [-0.15, -0.1) is 0 Å². The number of hydrogen-bond acceptors (Lipinski definition) is 0. The first-order valence-corrected chi connectivity index (χ1v) is 34.5. The third kappa shape index (κ3) is 23.1. The van der Waals surface area contributed by atoms with Crippen molar-refractivity contribution in [3.05, 3.63) is 0 Å². The molecule has 0 aromatic carbocycles. The van der Waals surface area contributed by atoms with E-state index in [0.29, 0.717) is 0 Å². The van der Waals surface area contributed by atoms with Gasteiger partial charge in [0.2, 0.25) is 0 Å². The average Bonchev–Trinajstić information content (AvgIpc) is 0.722. The number of halogens is 4. The van der Waals surface area contributed by atoms with E-state index in [0.717, 1.165) is 0 Å². The zero-order valence-corrected chi connectivity index (χ0v) is 12.2. The predicted molar refractivity (Wildman–Crippen MR) is 48.6 cm³/mol.